The second-order valence-corrected chi connectivity index (χ2v) is 29.4. The Morgan fingerprint density at radius 2 is 0.598 bits per heavy atom. The third kappa shape index (κ3) is 51.4. The zero-order valence-corrected chi connectivity index (χ0v) is 72.7. The molecule has 0 spiro atoms. The van der Waals surface area contributed by atoms with Crippen LogP contribution in [0.25, 0.3) is 0 Å². The lowest BCUT2D eigenvalue weighted by atomic mass is 9.97. The summed E-state index contributed by atoms with van der Waals surface area (Å²) in [5, 5.41) is 122. The fraction of sp³-hybridized carbons (Fsp3) is 0.895. The summed E-state index contributed by atoms with van der Waals surface area (Å²) in [6, 6.07) is -3.25. The quantitative estimate of drug-likeness (QED) is 0.0199. The van der Waals surface area contributed by atoms with Crippen molar-refractivity contribution >= 4 is 70.3 Å². The molecule has 18 N–H and O–H groups in total. The SMILES string of the molecule is CC(=O)N[C@H]1[C@H](OCCOCCOCCOCCNC(=O)CCOCC(COCCC(=O)NCCOCCOCCOCCO[C@@H]2O[C@H](CO)[C@H](O)[C@H](O)[C@H]2NC(C)=O)(COCCC(=O)NCCOCCOCCOCCO[C@@H]2O[C@H](CO)[C@H](O)[C@H](O)[C@H]2NC(C)=O)NC(=O)CCCCCCCCCCC(=O)NCC(O)COI)O[C@H](CO)[C@H](O)[C@@H]1O. The molecule has 3 rings (SSSR count). The lowest BCUT2D eigenvalue weighted by molar-refractivity contribution is -0.272. The molecule has 8 amide bonds. The van der Waals surface area contributed by atoms with Gasteiger partial charge in [0.05, 0.1) is 211 Å². The van der Waals surface area contributed by atoms with Crippen LogP contribution < -0.4 is 42.5 Å². The predicted octanol–water partition coefficient (Wildman–Crippen LogP) is -6.81. The summed E-state index contributed by atoms with van der Waals surface area (Å²) in [6.45, 7) is 4.95. The minimum atomic E-state index is -1.45. The Balaban J connectivity index is 1.51. The van der Waals surface area contributed by atoms with Gasteiger partial charge in [-0.2, -0.15) is 0 Å². The minimum absolute atomic E-state index is 0.00360. The molecule has 0 aliphatic carbocycles. The molecule has 0 aromatic rings. The van der Waals surface area contributed by atoms with E-state index in [1.165, 1.54) is 20.8 Å². The summed E-state index contributed by atoms with van der Waals surface area (Å²) in [5.41, 5.74) is -1.39. The van der Waals surface area contributed by atoms with E-state index in [1.807, 2.05) is 0 Å². The first-order valence-corrected chi connectivity index (χ1v) is 42.5. The number of hydrogen-bond donors (Lipinski definition) is 18. The van der Waals surface area contributed by atoms with E-state index in [4.69, 9.17) is 88.3 Å². The van der Waals surface area contributed by atoms with Crippen LogP contribution in [0.15, 0.2) is 0 Å². The van der Waals surface area contributed by atoms with E-state index in [2.05, 4.69) is 42.5 Å². The highest BCUT2D eigenvalue weighted by molar-refractivity contribution is 14.1. The van der Waals surface area contributed by atoms with Gasteiger partial charge in [-0.15, -0.1) is 0 Å². The first-order chi connectivity index (χ1) is 58.9. The van der Waals surface area contributed by atoms with Crippen molar-refractivity contribution < 1.29 is 178 Å². The van der Waals surface area contributed by atoms with Gasteiger partial charge in [-0.05, 0) is 12.8 Å². The van der Waals surface area contributed by atoms with Gasteiger partial charge < -0.3 is 182 Å². The van der Waals surface area contributed by atoms with E-state index in [0.29, 0.717) is 19.3 Å². The van der Waals surface area contributed by atoms with Gasteiger partial charge in [0.2, 0.25) is 47.3 Å². The van der Waals surface area contributed by atoms with Gasteiger partial charge in [0.25, 0.3) is 0 Å². The summed E-state index contributed by atoms with van der Waals surface area (Å²) in [5.74, 6) is -3.00. The molecule has 0 aromatic heterocycles. The van der Waals surface area contributed by atoms with Crippen molar-refractivity contribution in [3.05, 3.63) is 0 Å². The second-order valence-electron chi connectivity index (χ2n) is 28.8. The smallest absolute Gasteiger partial charge is 0.222 e. The van der Waals surface area contributed by atoms with Crippen molar-refractivity contribution in [3.63, 3.8) is 0 Å². The van der Waals surface area contributed by atoms with E-state index in [9.17, 15) is 89.4 Å². The summed E-state index contributed by atoms with van der Waals surface area (Å²) < 4.78 is 107. The molecular formula is C76H139IN8O37. The fourth-order valence-corrected chi connectivity index (χ4v) is 12.6. The average Bonchev–Trinajstić information content (AvgIpc) is 0.818. The Bertz CT molecular complexity index is 2530. The molecule has 0 bridgehead atoms. The third-order valence-electron chi connectivity index (χ3n) is 18.5. The summed E-state index contributed by atoms with van der Waals surface area (Å²) in [4.78, 5) is 100. The summed E-state index contributed by atoms with van der Waals surface area (Å²) in [6.07, 6.45) is -9.55. The van der Waals surface area contributed by atoms with Crippen LogP contribution in [0.4, 0.5) is 0 Å². The number of aliphatic hydroxyl groups excluding tert-OH is 10. The number of halogens is 1. The summed E-state index contributed by atoms with van der Waals surface area (Å²) >= 11 is 1.68. The number of rotatable bonds is 76. The molecular weight excluding hydrogens is 1740 g/mol. The average molecular weight is 1880 g/mol. The second kappa shape index (κ2) is 70.3. The number of ether oxygens (including phenoxy) is 18. The molecule has 122 heavy (non-hydrogen) atoms. The number of hydrogen-bond acceptors (Lipinski definition) is 37. The Labute approximate surface area is 726 Å². The maximum absolute atomic E-state index is 14.0. The van der Waals surface area contributed by atoms with Crippen LogP contribution in [-0.4, -0.2) is 433 Å². The number of carbonyl (C=O) groups excluding carboxylic acids is 8. The highest BCUT2D eigenvalue weighted by Crippen LogP contribution is 2.26. The molecule has 3 heterocycles. The minimum Gasteiger partial charge on any atom is -0.394 e. The molecule has 0 saturated carbocycles. The molecule has 712 valence electrons. The van der Waals surface area contributed by atoms with Gasteiger partial charge in [0.1, 0.15) is 102 Å². The van der Waals surface area contributed by atoms with Crippen molar-refractivity contribution in [3.8, 4) is 0 Å². The van der Waals surface area contributed by atoms with Crippen molar-refractivity contribution in [2.75, 3.05) is 231 Å². The van der Waals surface area contributed by atoms with Crippen LogP contribution in [0.1, 0.15) is 104 Å². The van der Waals surface area contributed by atoms with Crippen LogP contribution in [0.2, 0.25) is 0 Å². The number of carbonyl (C=O) groups is 8. The van der Waals surface area contributed by atoms with Gasteiger partial charge in [-0.1, -0.05) is 38.5 Å². The molecule has 46 heteroatoms. The van der Waals surface area contributed by atoms with E-state index in [0.717, 1.165) is 38.5 Å². The van der Waals surface area contributed by atoms with Gasteiger partial charge >= 0.3 is 0 Å². The van der Waals surface area contributed by atoms with Crippen molar-refractivity contribution in [1.29, 1.82) is 0 Å². The van der Waals surface area contributed by atoms with Crippen molar-refractivity contribution in [2.24, 2.45) is 0 Å². The molecule has 1 unspecified atom stereocenters. The van der Waals surface area contributed by atoms with Crippen LogP contribution in [-0.2, 0) is 127 Å². The highest BCUT2D eigenvalue weighted by Gasteiger charge is 2.48. The van der Waals surface area contributed by atoms with E-state index >= 15 is 0 Å². The Hall–Kier alpha value is -4.67. The predicted molar refractivity (Wildman–Crippen MR) is 433 cm³/mol. The molecule has 3 saturated heterocycles. The lowest BCUT2D eigenvalue weighted by Gasteiger charge is -2.42. The molecule has 0 radical (unpaired) electrons. The van der Waals surface area contributed by atoms with Crippen LogP contribution in [0.5, 0.6) is 0 Å². The van der Waals surface area contributed by atoms with Crippen LogP contribution in [0, 0.1) is 0 Å². The lowest BCUT2D eigenvalue weighted by Crippen LogP contribution is -2.64. The van der Waals surface area contributed by atoms with Gasteiger partial charge in [0.15, 0.2) is 18.9 Å². The Kier molecular flexibility index (Phi) is 64.3. The van der Waals surface area contributed by atoms with Crippen molar-refractivity contribution in [2.45, 2.75) is 208 Å². The van der Waals surface area contributed by atoms with Gasteiger partial charge in [-0.25, -0.2) is 0 Å². The van der Waals surface area contributed by atoms with Crippen molar-refractivity contribution in [1.82, 2.24) is 42.5 Å². The maximum Gasteiger partial charge on any atom is 0.222 e. The standard InChI is InChI=1S/C76H139IN8O37/c1-52(89)82-64-70(101)67(98)56(45-86)120-73(64)116-41-38-110-35-32-107-29-26-104-23-17-78-60(94)14-20-113-49-76(85-63(97)13-11-9-7-5-4-6-8-10-12-59(93)81-44-55(92)48-119-77,50-114-21-15-61(95)79-18-24-105-27-30-108-33-36-111-39-42-117-74-65(83-53(2)90)71(102)68(99)57(46-87)121-74)51-115-22-16-62(96)80-19-25-106-28-31-109-34-37-112-40-43-118-75-66(84-54(3)91)72(103)69(100)58(47-88)122-75/h55-58,64-75,86-88,92,98-103H,4-51H2,1-3H3,(H,78,94)(H,79,95)(H,80,96)(H,81,93)(H,82,89)(H,83,90)(H,84,91)(H,85,97)/t55?,56-,57-,58-,64-,65-,66-,67+,68+,69+,70-,71-,72-,73-,74-,75-/m1/s1. The molecule has 45 nitrogen and oxygen atoms in total. The third-order valence-corrected chi connectivity index (χ3v) is 18.9. The monoisotopic (exact) mass is 1880 g/mol. The normalized spacial score (nSPS) is 23.2. The summed E-state index contributed by atoms with van der Waals surface area (Å²) in [7, 11) is 0. The zero-order chi connectivity index (χ0) is 89.4. The van der Waals surface area contributed by atoms with Crippen LogP contribution in [0.3, 0.4) is 0 Å². The molecule has 0 aromatic carbocycles. The molecule has 3 aliphatic heterocycles. The highest BCUT2D eigenvalue weighted by atomic mass is 127. The van der Waals surface area contributed by atoms with Crippen LogP contribution >= 0.6 is 23.0 Å². The Morgan fingerprint density at radius 3 is 0.877 bits per heavy atom. The first kappa shape index (κ1) is 112. The first-order valence-electron chi connectivity index (χ1n) is 41.6. The Morgan fingerprint density at radius 1 is 0.336 bits per heavy atom. The number of unbranched alkanes of at least 4 members (excludes halogenated alkanes) is 7. The molecule has 16 atom stereocenters. The topological polar surface area (TPSA) is 610 Å². The fourth-order valence-electron chi connectivity index (χ4n) is 12.2. The van der Waals surface area contributed by atoms with E-state index in [-0.39, 0.29) is 266 Å². The van der Waals surface area contributed by atoms with Gasteiger partial charge in [-0.3, -0.25) is 38.4 Å². The largest absolute Gasteiger partial charge is 0.394 e. The van der Waals surface area contributed by atoms with Gasteiger partial charge in [0, 0.05) is 79.1 Å². The number of amides is 8. The molecule has 3 aliphatic rings. The number of nitrogens with one attached hydrogen (secondary N) is 8. The van der Waals surface area contributed by atoms with E-state index in [1.54, 1.807) is 23.0 Å². The molecule has 3 fully saturated rings. The maximum atomic E-state index is 14.0. The van der Waals surface area contributed by atoms with E-state index < -0.39 is 141 Å². The zero-order valence-electron chi connectivity index (χ0n) is 70.6. The number of aliphatic hydroxyl groups is 10.